The summed E-state index contributed by atoms with van der Waals surface area (Å²) in [4.78, 5) is 0. The number of hydrogen-bond acceptors (Lipinski definition) is 2. The van der Waals surface area contributed by atoms with Crippen molar-refractivity contribution in [1.82, 2.24) is 5.32 Å². The third-order valence-corrected chi connectivity index (χ3v) is 5.61. The quantitative estimate of drug-likeness (QED) is 0.899. The Labute approximate surface area is 124 Å². The number of thioether (sulfide) groups is 1. The molecule has 1 aliphatic heterocycles. The molecular formula is C18H19NS. The lowest BCUT2D eigenvalue weighted by molar-refractivity contribution is 0.497. The van der Waals surface area contributed by atoms with Gasteiger partial charge in [-0.25, -0.2) is 0 Å². The van der Waals surface area contributed by atoms with E-state index in [0.29, 0.717) is 12.1 Å². The van der Waals surface area contributed by atoms with Gasteiger partial charge in [-0.3, -0.25) is 0 Å². The van der Waals surface area contributed by atoms with E-state index < -0.39 is 0 Å². The van der Waals surface area contributed by atoms with Gasteiger partial charge in [0, 0.05) is 11.8 Å². The summed E-state index contributed by atoms with van der Waals surface area (Å²) in [6, 6.07) is 18.9. The highest BCUT2D eigenvalue weighted by Crippen LogP contribution is 2.35. The lowest BCUT2D eigenvalue weighted by Crippen LogP contribution is -2.35. The molecule has 2 aromatic rings. The molecule has 1 fully saturated rings. The summed E-state index contributed by atoms with van der Waals surface area (Å²) in [5, 5.41) is 3.91. The number of rotatable bonds is 2. The smallest absolute Gasteiger partial charge is 0.0584 e. The summed E-state index contributed by atoms with van der Waals surface area (Å²) < 4.78 is 0. The molecule has 1 nitrogen and oxygen atoms in total. The van der Waals surface area contributed by atoms with Crippen LogP contribution in [0.2, 0.25) is 0 Å². The Hall–Kier alpha value is -1.25. The van der Waals surface area contributed by atoms with Gasteiger partial charge in [0.2, 0.25) is 0 Å². The van der Waals surface area contributed by atoms with E-state index in [4.69, 9.17) is 0 Å². The first kappa shape index (κ1) is 12.5. The summed E-state index contributed by atoms with van der Waals surface area (Å²) in [6.45, 7) is 0. The van der Waals surface area contributed by atoms with E-state index in [0.717, 1.165) is 6.42 Å². The van der Waals surface area contributed by atoms with Crippen molar-refractivity contribution in [2.75, 3.05) is 11.5 Å². The third-order valence-electron chi connectivity index (χ3n) is 4.45. The van der Waals surface area contributed by atoms with Crippen LogP contribution in [-0.4, -0.2) is 17.5 Å². The zero-order chi connectivity index (χ0) is 13.4. The molecule has 0 spiro atoms. The number of hydrogen-bond donors (Lipinski definition) is 1. The Kier molecular flexibility index (Phi) is 3.29. The van der Waals surface area contributed by atoms with E-state index in [1.54, 1.807) is 0 Å². The molecule has 2 aliphatic rings. The van der Waals surface area contributed by atoms with Crippen LogP contribution in [0.5, 0.6) is 0 Å². The molecular weight excluding hydrogens is 262 g/mol. The second-order valence-corrected chi connectivity index (χ2v) is 6.88. The highest BCUT2D eigenvalue weighted by molar-refractivity contribution is 7.99. The minimum Gasteiger partial charge on any atom is -0.303 e. The molecule has 1 saturated heterocycles. The molecule has 1 N–H and O–H groups in total. The van der Waals surface area contributed by atoms with Crippen molar-refractivity contribution in [3.63, 3.8) is 0 Å². The first-order valence-corrected chi connectivity index (χ1v) is 8.57. The van der Waals surface area contributed by atoms with Crippen LogP contribution in [-0.2, 0) is 6.42 Å². The van der Waals surface area contributed by atoms with Crippen LogP contribution < -0.4 is 5.32 Å². The van der Waals surface area contributed by atoms with Gasteiger partial charge in [0.1, 0.15) is 0 Å². The average Bonchev–Trinajstić information content (AvgIpc) is 3.00. The van der Waals surface area contributed by atoms with E-state index in [1.807, 2.05) is 0 Å². The predicted molar refractivity (Wildman–Crippen MR) is 86.4 cm³/mol. The molecule has 20 heavy (non-hydrogen) atoms. The zero-order valence-corrected chi connectivity index (χ0v) is 12.3. The summed E-state index contributed by atoms with van der Waals surface area (Å²) in [5.74, 6) is 2.55. The standard InChI is InChI=1S/C18H19NS/c1-3-7-16-13(5-1)11-14-6-2-4-8-17(14)18(16)19-15-9-10-20-12-15/h1-8,15,18-19H,9-12H2. The van der Waals surface area contributed by atoms with Crippen LogP contribution in [0.3, 0.4) is 0 Å². The van der Waals surface area contributed by atoms with Crippen LogP contribution in [0, 0.1) is 0 Å². The summed E-state index contributed by atoms with van der Waals surface area (Å²) in [5.41, 5.74) is 5.91. The van der Waals surface area contributed by atoms with Crippen molar-refractivity contribution in [2.24, 2.45) is 0 Å². The Morgan fingerprint density at radius 2 is 1.55 bits per heavy atom. The lowest BCUT2D eigenvalue weighted by Gasteiger charge is -2.31. The Balaban J connectivity index is 1.75. The normalized spacial score (nSPS) is 21.5. The molecule has 2 aromatic carbocycles. The molecule has 0 amide bonds. The van der Waals surface area contributed by atoms with Crippen LogP contribution in [0.15, 0.2) is 48.5 Å². The molecule has 1 heterocycles. The van der Waals surface area contributed by atoms with Crippen molar-refractivity contribution in [3.8, 4) is 0 Å². The van der Waals surface area contributed by atoms with E-state index in [2.05, 4.69) is 65.6 Å². The minimum atomic E-state index is 0.375. The Morgan fingerprint density at radius 1 is 0.900 bits per heavy atom. The molecule has 1 atom stereocenters. The summed E-state index contributed by atoms with van der Waals surface area (Å²) in [6.07, 6.45) is 2.37. The molecule has 0 aromatic heterocycles. The number of nitrogens with one attached hydrogen (secondary N) is 1. The van der Waals surface area contributed by atoms with Gasteiger partial charge >= 0.3 is 0 Å². The predicted octanol–water partition coefficient (Wildman–Crippen LogP) is 3.78. The van der Waals surface area contributed by atoms with Crippen LogP contribution in [0.4, 0.5) is 0 Å². The fourth-order valence-corrected chi connectivity index (χ4v) is 4.57. The molecule has 102 valence electrons. The van der Waals surface area contributed by atoms with Crippen LogP contribution in [0.25, 0.3) is 0 Å². The van der Waals surface area contributed by atoms with Crippen molar-refractivity contribution >= 4 is 11.8 Å². The van der Waals surface area contributed by atoms with Gasteiger partial charge in [0.15, 0.2) is 0 Å². The van der Waals surface area contributed by atoms with Gasteiger partial charge < -0.3 is 5.32 Å². The molecule has 0 saturated carbocycles. The first-order chi connectivity index (χ1) is 9.92. The molecule has 0 bridgehead atoms. The van der Waals surface area contributed by atoms with Gasteiger partial charge in [-0.1, -0.05) is 48.5 Å². The number of benzene rings is 2. The molecule has 1 aliphatic carbocycles. The van der Waals surface area contributed by atoms with E-state index >= 15 is 0 Å². The van der Waals surface area contributed by atoms with Crippen molar-refractivity contribution < 1.29 is 0 Å². The van der Waals surface area contributed by atoms with Gasteiger partial charge in [0.05, 0.1) is 6.04 Å². The summed E-state index contributed by atoms with van der Waals surface area (Å²) in [7, 11) is 0. The van der Waals surface area contributed by atoms with Gasteiger partial charge in [-0.15, -0.1) is 0 Å². The number of fused-ring (bicyclic) bond motifs is 2. The molecule has 2 heteroatoms. The molecule has 0 radical (unpaired) electrons. The second-order valence-electron chi connectivity index (χ2n) is 5.73. The maximum Gasteiger partial charge on any atom is 0.0584 e. The largest absolute Gasteiger partial charge is 0.303 e. The van der Waals surface area contributed by atoms with E-state index in [9.17, 15) is 0 Å². The molecule has 1 unspecified atom stereocenters. The fourth-order valence-electron chi connectivity index (χ4n) is 3.41. The Morgan fingerprint density at radius 3 is 2.15 bits per heavy atom. The molecule has 4 rings (SSSR count). The van der Waals surface area contributed by atoms with Crippen molar-refractivity contribution in [3.05, 3.63) is 70.8 Å². The SMILES string of the molecule is c1ccc2c(c1)Cc1ccccc1C2NC1CCSC1. The maximum atomic E-state index is 3.91. The lowest BCUT2D eigenvalue weighted by atomic mass is 9.82. The second kappa shape index (κ2) is 5.27. The highest BCUT2D eigenvalue weighted by atomic mass is 32.2. The van der Waals surface area contributed by atoms with Crippen molar-refractivity contribution in [2.45, 2.75) is 24.9 Å². The summed E-state index contributed by atoms with van der Waals surface area (Å²) >= 11 is 2.07. The monoisotopic (exact) mass is 281 g/mol. The van der Waals surface area contributed by atoms with Gasteiger partial charge in [-0.05, 0) is 40.8 Å². The van der Waals surface area contributed by atoms with E-state index in [-0.39, 0.29) is 0 Å². The van der Waals surface area contributed by atoms with Gasteiger partial charge in [-0.2, -0.15) is 11.8 Å². The third kappa shape index (κ3) is 2.17. The highest BCUT2D eigenvalue weighted by Gasteiger charge is 2.27. The topological polar surface area (TPSA) is 12.0 Å². The van der Waals surface area contributed by atoms with Crippen LogP contribution >= 0.6 is 11.8 Å². The average molecular weight is 281 g/mol. The van der Waals surface area contributed by atoms with E-state index in [1.165, 1.54) is 40.2 Å². The van der Waals surface area contributed by atoms with Gasteiger partial charge in [0.25, 0.3) is 0 Å². The Bertz CT molecular complexity index is 571. The fraction of sp³-hybridized carbons (Fsp3) is 0.333. The van der Waals surface area contributed by atoms with Crippen LogP contribution in [0.1, 0.15) is 34.7 Å². The maximum absolute atomic E-state index is 3.91. The minimum absolute atomic E-state index is 0.375. The van der Waals surface area contributed by atoms with Crippen molar-refractivity contribution in [1.29, 1.82) is 0 Å². The first-order valence-electron chi connectivity index (χ1n) is 7.41. The zero-order valence-electron chi connectivity index (χ0n) is 11.5.